The van der Waals surface area contributed by atoms with Crippen molar-refractivity contribution < 1.29 is 9.63 Å². The fourth-order valence-corrected chi connectivity index (χ4v) is 1.33. The van der Waals surface area contributed by atoms with Crippen molar-refractivity contribution in [2.24, 2.45) is 0 Å². The smallest absolute Gasteiger partial charge is 0.275 e. The van der Waals surface area contributed by atoms with E-state index in [1.165, 1.54) is 7.11 Å². The van der Waals surface area contributed by atoms with Crippen molar-refractivity contribution in [2.75, 3.05) is 7.11 Å². The maximum Gasteiger partial charge on any atom is 0.275 e. The van der Waals surface area contributed by atoms with Crippen LogP contribution >= 0.6 is 0 Å². The molecule has 1 aromatic carbocycles. The van der Waals surface area contributed by atoms with E-state index in [2.05, 4.69) is 10.3 Å². The molecular weight excluding hydrogens is 190 g/mol. The van der Waals surface area contributed by atoms with Gasteiger partial charge < -0.3 is 0 Å². The first-order valence-corrected chi connectivity index (χ1v) is 4.76. The third-order valence-electron chi connectivity index (χ3n) is 2.22. The third kappa shape index (κ3) is 2.67. The highest BCUT2D eigenvalue weighted by Crippen LogP contribution is 2.18. The molecule has 0 saturated heterocycles. The van der Waals surface area contributed by atoms with Gasteiger partial charge in [0.1, 0.15) is 0 Å². The lowest BCUT2D eigenvalue weighted by molar-refractivity contribution is 0.0537. The van der Waals surface area contributed by atoms with Crippen molar-refractivity contribution in [1.82, 2.24) is 5.48 Å². The molecule has 3 nitrogen and oxygen atoms in total. The molecule has 1 N–H and O–H groups in total. The molecule has 0 aliphatic carbocycles. The van der Waals surface area contributed by atoms with Crippen LogP contribution < -0.4 is 5.48 Å². The van der Waals surface area contributed by atoms with Crippen molar-refractivity contribution in [3.8, 4) is 0 Å². The molecule has 0 atom stereocenters. The Labute approximate surface area is 89.7 Å². The molecule has 0 saturated carbocycles. The average molecular weight is 205 g/mol. The Morgan fingerprint density at radius 1 is 1.33 bits per heavy atom. The molecule has 0 aliphatic rings. The monoisotopic (exact) mass is 205 g/mol. The molecule has 0 fully saturated rings. The number of hydrogen-bond donors (Lipinski definition) is 1. The van der Waals surface area contributed by atoms with E-state index in [-0.39, 0.29) is 5.91 Å². The van der Waals surface area contributed by atoms with Gasteiger partial charge in [0.05, 0.1) is 7.11 Å². The highest BCUT2D eigenvalue weighted by Gasteiger charge is 2.10. The second kappa shape index (κ2) is 5.32. The van der Waals surface area contributed by atoms with E-state index in [0.29, 0.717) is 5.56 Å². The topological polar surface area (TPSA) is 38.3 Å². The Balaban J connectivity index is 3.12. The number of allylic oxidation sites excluding steroid dienone is 2. The maximum absolute atomic E-state index is 11.6. The molecule has 0 aliphatic heterocycles. The van der Waals surface area contributed by atoms with Gasteiger partial charge in [-0.05, 0) is 31.1 Å². The van der Waals surface area contributed by atoms with Crippen LogP contribution in [0.25, 0.3) is 5.57 Å². The summed E-state index contributed by atoms with van der Waals surface area (Å²) in [6.07, 6.45) is 1.97. The molecular formula is C12H15NO2. The Bertz CT molecular complexity index is 383. The van der Waals surface area contributed by atoms with E-state index in [1.54, 1.807) is 6.07 Å². The largest absolute Gasteiger partial charge is 0.277 e. The fraction of sp³-hybridized carbons (Fsp3) is 0.250. The quantitative estimate of drug-likeness (QED) is 0.769. The van der Waals surface area contributed by atoms with Gasteiger partial charge in [-0.3, -0.25) is 9.63 Å². The lowest BCUT2D eigenvalue weighted by atomic mass is 10.0. The standard InChI is InChI=1S/C12H15NO2/c1-4-9(2)10-7-5-6-8-11(10)12(14)13-15-3/h4-8H,1-3H3,(H,13,14)/b9-4+. The van der Waals surface area contributed by atoms with Crippen LogP contribution in [0, 0.1) is 0 Å². The molecule has 0 heterocycles. The normalized spacial score (nSPS) is 11.3. The van der Waals surface area contributed by atoms with E-state index in [0.717, 1.165) is 11.1 Å². The Morgan fingerprint density at radius 2 is 1.93 bits per heavy atom. The molecule has 1 aromatic rings. The SMILES string of the molecule is C/C=C(\C)c1ccccc1C(=O)NOC. The summed E-state index contributed by atoms with van der Waals surface area (Å²) >= 11 is 0. The number of carbonyl (C=O) groups excluding carboxylic acids is 1. The zero-order valence-electron chi connectivity index (χ0n) is 9.20. The number of amides is 1. The second-order valence-corrected chi connectivity index (χ2v) is 3.15. The highest BCUT2D eigenvalue weighted by atomic mass is 16.6. The first-order valence-electron chi connectivity index (χ1n) is 4.76. The number of hydrogen-bond acceptors (Lipinski definition) is 2. The molecule has 3 heteroatoms. The molecule has 0 unspecified atom stereocenters. The van der Waals surface area contributed by atoms with Crippen LogP contribution in [0.3, 0.4) is 0 Å². The Morgan fingerprint density at radius 3 is 2.47 bits per heavy atom. The van der Waals surface area contributed by atoms with E-state index >= 15 is 0 Å². The molecule has 15 heavy (non-hydrogen) atoms. The minimum absolute atomic E-state index is 0.227. The molecule has 1 amide bonds. The van der Waals surface area contributed by atoms with E-state index < -0.39 is 0 Å². The molecule has 0 bridgehead atoms. The summed E-state index contributed by atoms with van der Waals surface area (Å²) in [6.45, 7) is 3.92. The van der Waals surface area contributed by atoms with Gasteiger partial charge in [0, 0.05) is 5.56 Å². The van der Waals surface area contributed by atoms with Crippen LogP contribution in [0.1, 0.15) is 29.8 Å². The summed E-state index contributed by atoms with van der Waals surface area (Å²) in [5.41, 5.74) is 4.93. The van der Waals surface area contributed by atoms with Crippen LogP contribution in [0.2, 0.25) is 0 Å². The second-order valence-electron chi connectivity index (χ2n) is 3.15. The summed E-state index contributed by atoms with van der Waals surface area (Å²) in [4.78, 5) is 16.2. The summed E-state index contributed by atoms with van der Waals surface area (Å²) in [5.74, 6) is -0.227. The predicted octanol–water partition coefficient (Wildman–Crippen LogP) is 2.40. The van der Waals surface area contributed by atoms with Crippen LogP contribution in [0.5, 0.6) is 0 Å². The number of hydroxylamine groups is 1. The van der Waals surface area contributed by atoms with E-state index in [1.807, 2.05) is 38.1 Å². The average Bonchev–Trinajstić information content (AvgIpc) is 2.28. The first-order chi connectivity index (χ1) is 7.20. The molecule has 0 spiro atoms. The summed E-state index contributed by atoms with van der Waals surface area (Å²) in [7, 11) is 1.42. The van der Waals surface area contributed by atoms with Gasteiger partial charge in [0.2, 0.25) is 0 Å². The van der Waals surface area contributed by atoms with Gasteiger partial charge in [-0.1, -0.05) is 24.3 Å². The van der Waals surface area contributed by atoms with Crippen LogP contribution in [0.15, 0.2) is 30.3 Å². The van der Waals surface area contributed by atoms with Crippen molar-refractivity contribution in [3.63, 3.8) is 0 Å². The number of carbonyl (C=O) groups is 1. The summed E-state index contributed by atoms with van der Waals surface area (Å²) in [5, 5.41) is 0. The van der Waals surface area contributed by atoms with Gasteiger partial charge in [-0.2, -0.15) is 0 Å². The van der Waals surface area contributed by atoms with Crippen LogP contribution in [0.4, 0.5) is 0 Å². The van der Waals surface area contributed by atoms with Crippen LogP contribution in [-0.2, 0) is 4.84 Å². The first kappa shape index (κ1) is 11.5. The minimum Gasteiger partial charge on any atom is -0.277 e. The fourth-order valence-electron chi connectivity index (χ4n) is 1.33. The van der Waals surface area contributed by atoms with Crippen molar-refractivity contribution in [3.05, 3.63) is 41.5 Å². The van der Waals surface area contributed by atoms with Gasteiger partial charge in [-0.15, -0.1) is 0 Å². The molecule has 0 radical (unpaired) electrons. The summed E-state index contributed by atoms with van der Waals surface area (Å²) in [6, 6.07) is 7.43. The molecule has 0 aromatic heterocycles. The van der Waals surface area contributed by atoms with Crippen molar-refractivity contribution in [1.29, 1.82) is 0 Å². The number of nitrogens with one attached hydrogen (secondary N) is 1. The van der Waals surface area contributed by atoms with Crippen molar-refractivity contribution >= 4 is 11.5 Å². The lowest BCUT2D eigenvalue weighted by Gasteiger charge is -2.08. The van der Waals surface area contributed by atoms with Crippen LogP contribution in [-0.4, -0.2) is 13.0 Å². The van der Waals surface area contributed by atoms with E-state index in [9.17, 15) is 4.79 Å². The highest BCUT2D eigenvalue weighted by molar-refractivity contribution is 5.98. The zero-order valence-corrected chi connectivity index (χ0v) is 9.20. The maximum atomic E-state index is 11.6. The summed E-state index contributed by atoms with van der Waals surface area (Å²) < 4.78 is 0. The van der Waals surface area contributed by atoms with Gasteiger partial charge in [-0.25, -0.2) is 5.48 Å². The minimum atomic E-state index is -0.227. The van der Waals surface area contributed by atoms with Crippen molar-refractivity contribution in [2.45, 2.75) is 13.8 Å². The number of rotatable bonds is 3. The lowest BCUT2D eigenvalue weighted by Crippen LogP contribution is -2.22. The third-order valence-corrected chi connectivity index (χ3v) is 2.22. The Kier molecular flexibility index (Phi) is 4.06. The van der Waals surface area contributed by atoms with Gasteiger partial charge in [0.15, 0.2) is 0 Å². The number of benzene rings is 1. The zero-order chi connectivity index (χ0) is 11.3. The van der Waals surface area contributed by atoms with Gasteiger partial charge >= 0.3 is 0 Å². The molecule has 1 rings (SSSR count). The predicted molar refractivity (Wildman–Crippen MR) is 60.2 cm³/mol. The van der Waals surface area contributed by atoms with E-state index in [4.69, 9.17) is 0 Å². The molecule has 80 valence electrons. The van der Waals surface area contributed by atoms with Gasteiger partial charge in [0.25, 0.3) is 5.91 Å². The Hall–Kier alpha value is -1.61.